The maximum atomic E-state index is 12.8. The van der Waals surface area contributed by atoms with Gasteiger partial charge in [-0.05, 0) is 74.1 Å². The summed E-state index contributed by atoms with van der Waals surface area (Å²) in [5.41, 5.74) is 5.54. The number of hydrogen-bond donors (Lipinski definition) is 2. The molecule has 2 heterocycles. The number of rotatable bonds is 3. The second-order valence-corrected chi connectivity index (χ2v) is 7.36. The van der Waals surface area contributed by atoms with Gasteiger partial charge in [0.1, 0.15) is 0 Å². The SMILES string of the molecule is CC(NC(=O)c1ccc2[nH]c3c(c2c1)CCCC3)c1ccc2c(c1)OCO2. The first-order valence-corrected chi connectivity index (χ1v) is 9.53. The Bertz CT molecular complexity index is 1040. The van der Waals surface area contributed by atoms with E-state index >= 15 is 0 Å². The Labute approximate surface area is 157 Å². The van der Waals surface area contributed by atoms with Crippen LogP contribution in [0.4, 0.5) is 0 Å². The number of aromatic nitrogens is 1. The Morgan fingerprint density at radius 3 is 2.85 bits per heavy atom. The molecule has 5 nitrogen and oxygen atoms in total. The molecule has 1 unspecified atom stereocenters. The molecule has 138 valence electrons. The average Bonchev–Trinajstić information content (AvgIpc) is 3.30. The van der Waals surface area contributed by atoms with Crippen LogP contribution in [0.3, 0.4) is 0 Å². The zero-order valence-corrected chi connectivity index (χ0v) is 15.3. The van der Waals surface area contributed by atoms with Gasteiger partial charge in [-0.1, -0.05) is 6.07 Å². The van der Waals surface area contributed by atoms with Gasteiger partial charge in [0, 0.05) is 22.2 Å². The van der Waals surface area contributed by atoms with Gasteiger partial charge in [-0.25, -0.2) is 0 Å². The third-order valence-corrected chi connectivity index (χ3v) is 5.60. The third-order valence-electron chi connectivity index (χ3n) is 5.60. The fraction of sp³-hybridized carbons (Fsp3) is 0.318. The van der Waals surface area contributed by atoms with Crippen molar-refractivity contribution in [3.63, 3.8) is 0 Å². The third kappa shape index (κ3) is 2.83. The summed E-state index contributed by atoms with van der Waals surface area (Å²) in [6.45, 7) is 2.23. The van der Waals surface area contributed by atoms with E-state index in [1.54, 1.807) is 0 Å². The van der Waals surface area contributed by atoms with Gasteiger partial charge in [0.15, 0.2) is 11.5 Å². The number of aromatic amines is 1. The van der Waals surface area contributed by atoms with Crippen LogP contribution in [-0.2, 0) is 12.8 Å². The lowest BCUT2D eigenvalue weighted by Gasteiger charge is -2.15. The summed E-state index contributed by atoms with van der Waals surface area (Å²) in [4.78, 5) is 16.3. The molecule has 0 bridgehead atoms. The number of benzene rings is 2. The molecule has 1 atom stereocenters. The van der Waals surface area contributed by atoms with Crippen LogP contribution in [0.15, 0.2) is 36.4 Å². The Balaban J connectivity index is 1.39. The predicted molar refractivity (Wildman–Crippen MR) is 103 cm³/mol. The first-order chi connectivity index (χ1) is 13.2. The molecule has 1 aliphatic heterocycles. The fourth-order valence-electron chi connectivity index (χ4n) is 4.09. The van der Waals surface area contributed by atoms with Gasteiger partial charge < -0.3 is 19.8 Å². The summed E-state index contributed by atoms with van der Waals surface area (Å²) in [6.07, 6.45) is 4.65. The molecule has 0 spiro atoms. The van der Waals surface area contributed by atoms with E-state index in [9.17, 15) is 4.79 Å². The van der Waals surface area contributed by atoms with Crippen molar-refractivity contribution < 1.29 is 14.3 Å². The topological polar surface area (TPSA) is 63.4 Å². The van der Waals surface area contributed by atoms with Crippen LogP contribution in [0.2, 0.25) is 0 Å². The van der Waals surface area contributed by atoms with Crippen molar-refractivity contribution in [2.45, 2.75) is 38.6 Å². The lowest BCUT2D eigenvalue weighted by molar-refractivity contribution is 0.0940. The largest absolute Gasteiger partial charge is 0.454 e. The van der Waals surface area contributed by atoms with Crippen LogP contribution >= 0.6 is 0 Å². The van der Waals surface area contributed by atoms with Crippen molar-refractivity contribution in [3.8, 4) is 11.5 Å². The van der Waals surface area contributed by atoms with Crippen molar-refractivity contribution in [3.05, 3.63) is 58.8 Å². The maximum absolute atomic E-state index is 12.8. The van der Waals surface area contributed by atoms with Crippen LogP contribution in [0, 0.1) is 0 Å². The van der Waals surface area contributed by atoms with Crippen molar-refractivity contribution in [2.24, 2.45) is 0 Å². The zero-order chi connectivity index (χ0) is 18.4. The molecule has 0 saturated carbocycles. The van der Waals surface area contributed by atoms with E-state index in [-0.39, 0.29) is 18.7 Å². The molecular formula is C22H22N2O3. The minimum atomic E-state index is -0.122. The van der Waals surface area contributed by atoms with Crippen LogP contribution in [0.25, 0.3) is 10.9 Å². The second-order valence-electron chi connectivity index (χ2n) is 7.36. The monoisotopic (exact) mass is 362 g/mol. The minimum absolute atomic E-state index is 0.0622. The lowest BCUT2D eigenvalue weighted by Crippen LogP contribution is -2.26. The number of amides is 1. The molecule has 5 rings (SSSR count). The lowest BCUT2D eigenvalue weighted by atomic mass is 9.95. The van der Waals surface area contributed by atoms with Gasteiger partial charge >= 0.3 is 0 Å². The van der Waals surface area contributed by atoms with Crippen molar-refractivity contribution in [1.82, 2.24) is 10.3 Å². The van der Waals surface area contributed by atoms with Crippen LogP contribution in [0.5, 0.6) is 11.5 Å². The van der Waals surface area contributed by atoms with Crippen LogP contribution < -0.4 is 14.8 Å². The van der Waals surface area contributed by atoms with E-state index in [2.05, 4.69) is 10.3 Å². The molecule has 2 aromatic carbocycles. The maximum Gasteiger partial charge on any atom is 0.251 e. The highest BCUT2D eigenvalue weighted by molar-refractivity contribution is 5.99. The zero-order valence-electron chi connectivity index (χ0n) is 15.3. The van der Waals surface area contributed by atoms with E-state index in [4.69, 9.17) is 9.47 Å². The van der Waals surface area contributed by atoms with Crippen molar-refractivity contribution in [2.75, 3.05) is 6.79 Å². The molecule has 2 aliphatic rings. The summed E-state index contributed by atoms with van der Waals surface area (Å²) >= 11 is 0. The van der Waals surface area contributed by atoms with E-state index in [1.165, 1.54) is 29.5 Å². The summed E-state index contributed by atoms with van der Waals surface area (Å²) in [5.74, 6) is 1.42. The molecule has 1 amide bonds. The number of nitrogens with one attached hydrogen (secondary N) is 2. The highest BCUT2D eigenvalue weighted by atomic mass is 16.7. The van der Waals surface area contributed by atoms with Gasteiger partial charge in [-0.3, -0.25) is 4.79 Å². The number of aryl methyl sites for hydroxylation is 2. The van der Waals surface area contributed by atoms with Crippen molar-refractivity contribution in [1.29, 1.82) is 0 Å². The molecule has 5 heteroatoms. The summed E-state index contributed by atoms with van der Waals surface area (Å²) in [5, 5.41) is 4.28. The summed E-state index contributed by atoms with van der Waals surface area (Å²) < 4.78 is 10.8. The van der Waals surface area contributed by atoms with E-state index in [0.29, 0.717) is 5.56 Å². The number of H-pyrrole nitrogens is 1. The molecule has 0 fully saturated rings. The second kappa shape index (κ2) is 6.34. The van der Waals surface area contributed by atoms with Gasteiger partial charge in [0.05, 0.1) is 6.04 Å². The fourth-order valence-corrected chi connectivity index (χ4v) is 4.09. The molecule has 27 heavy (non-hydrogen) atoms. The van der Waals surface area contributed by atoms with Gasteiger partial charge in [0.25, 0.3) is 5.91 Å². The Morgan fingerprint density at radius 2 is 1.93 bits per heavy atom. The molecule has 2 N–H and O–H groups in total. The number of carbonyl (C=O) groups excluding carboxylic acids is 1. The van der Waals surface area contributed by atoms with Gasteiger partial charge in [-0.2, -0.15) is 0 Å². The van der Waals surface area contributed by atoms with Crippen molar-refractivity contribution >= 4 is 16.8 Å². The van der Waals surface area contributed by atoms with Gasteiger partial charge in [-0.15, -0.1) is 0 Å². The molecule has 0 radical (unpaired) electrons. The van der Waals surface area contributed by atoms with E-state index in [1.807, 2.05) is 43.3 Å². The smallest absolute Gasteiger partial charge is 0.251 e. The van der Waals surface area contributed by atoms with Crippen LogP contribution in [-0.4, -0.2) is 17.7 Å². The normalized spacial score (nSPS) is 16.2. The van der Waals surface area contributed by atoms with E-state index < -0.39 is 0 Å². The predicted octanol–water partition coefficient (Wildman–Crippen LogP) is 4.27. The Morgan fingerprint density at radius 1 is 1.07 bits per heavy atom. The summed E-state index contributed by atoms with van der Waals surface area (Å²) in [6, 6.07) is 11.6. The Kier molecular flexibility index (Phi) is 3.81. The highest BCUT2D eigenvalue weighted by Crippen LogP contribution is 2.34. The first kappa shape index (κ1) is 16.2. The standard InChI is InChI=1S/C22H22N2O3/c1-13(14-7-9-20-21(11-14)27-12-26-20)23-22(25)15-6-8-19-17(10-15)16-4-2-3-5-18(16)24-19/h6-11,13,24H,2-5,12H2,1H3,(H,23,25). The molecular weight excluding hydrogens is 340 g/mol. The minimum Gasteiger partial charge on any atom is -0.454 e. The molecule has 1 aromatic heterocycles. The summed E-state index contributed by atoms with van der Waals surface area (Å²) in [7, 11) is 0. The Hall–Kier alpha value is -2.95. The number of ether oxygens (including phenoxy) is 2. The number of carbonyl (C=O) groups is 1. The molecule has 3 aromatic rings. The molecule has 1 aliphatic carbocycles. The van der Waals surface area contributed by atoms with Crippen LogP contribution in [0.1, 0.15) is 53.0 Å². The average molecular weight is 362 g/mol. The first-order valence-electron chi connectivity index (χ1n) is 9.53. The number of fused-ring (bicyclic) bond motifs is 4. The van der Waals surface area contributed by atoms with E-state index in [0.717, 1.165) is 35.4 Å². The highest BCUT2D eigenvalue weighted by Gasteiger charge is 2.19. The molecule has 0 saturated heterocycles. The van der Waals surface area contributed by atoms with Gasteiger partial charge in [0.2, 0.25) is 6.79 Å². The quantitative estimate of drug-likeness (QED) is 0.731. The number of hydrogen-bond acceptors (Lipinski definition) is 3.